The Bertz CT molecular complexity index is 717. The van der Waals surface area contributed by atoms with Crippen LogP contribution in [0.5, 0.6) is 5.75 Å². The quantitative estimate of drug-likeness (QED) is 0.913. The molecule has 4 nitrogen and oxygen atoms in total. The predicted octanol–water partition coefficient (Wildman–Crippen LogP) is 2.80. The number of nitrogens with one attached hydrogen (secondary N) is 1. The SMILES string of the molecule is Cc1nc(-c2ccc3c(c2)CCO3)[nH]c(=O)c1C(C)C. The Labute approximate surface area is 117 Å². The Balaban J connectivity index is 2.09. The molecule has 0 saturated carbocycles. The largest absolute Gasteiger partial charge is 0.493 e. The highest BCUT2D eigenvalue weighted by Crippen LogP contribution is 2.29. The molecule has 1 N–H and O–H groups in total. The van der Waals surface area contributed by atoms with Crippen molar-refractivity contribution >= 4 is 0 Å². The van der Waals surface area contributed by atoms with Gasteiger partial charge in [0.15, 0.2) is 0 Å². The number of nitrogens with zero attached hydrogens (tertiary/aromatic N) is 1. The van der Waals surface area contributed by atoms with E-state index < -0.39 is 0 Å². The third-order valence-electron chi connectivity index (χ3n) is 3.69. The summed E-state index contributed by atoms with van der Waals surface area (Å²) in [5, 5.41) is 0. The molecule has 20 heavy (non-hydrogen) atoms. The summed E-state index contributed by atoms with van der Waals surface area (Å²) >= 11 is 0. The first-order valence-corrected chi connectivity index (χ1v) is 6.93. The molecule has 1 aromatic carbocycles. The first-order valence-electron chi connectivity index (χ1n) is 6.93. The van der Waals surface area contributed by atoms with E-state index in [1.54, 1.807) is 0 Å². The van der Waals surface area contributed by atoms with Gasteiger partial charge in [0.05, 0.1) is 6.61 Å². The number of hydrogen-bond acceptors (Lipinski definition) is 3. The second kappa shape index (κ2) is 4.78. The molecule has 0 amide bonds. The maximum Gasteiger partial charge on any atom is 0.254 e. The standard InChI is InChI=1S/C16H18N2O2/c1-9(2)14-10(3)17-15(18-16(14)19)12-4-5-13-11(8-12)6-7-20-13/h4-5,8-9H,6-7H2,1-3H3,(H,17,18,19). The highest BCUT2D eigenvalue weighted by Gasteiger charge is 2.16. The van der Waals surface area contributed by atoms with Crippen molar-refractivity contribution in [2.75, 3.05) is 6.61 Å². The van der Waals surface area contributed by atoms with E-state index in [0.29, 0.717) is 5.82 Å². The molecule has 2 aromatic rings. The van der Waals surface area contributed by atoms with Gasteiger partial charge in [-0.15, -0.1) is 0 Å². The normalized spacial score (nSPS) is 13.4. The van der Waals surface area contributed by atoms with Crippen molar-refractivity contribution in [1.82, 2.24) is 9.97 Å². The molecule has 0 aliphatic carbocycles. The summed E-state index contributed by atoms with van der Waals surface area (Å²) in [5.74, 6) is 1.74. The molecule has 2 heterocycles. The van der Waals surface area contributed by atoms with Crippen molar-refractivity contribution in [3.05, 3.63) is 45.4 Å². The second-order valence-corrected chi connectivity index (χ2v) is 5.49. The van der Waals surface area contributed by atoms with Crippen LogP contribution in [0.3, 0.4) is 0 Å². The molecular formula is C16H18N2O2. The van der Waals surface area contributed by atoms with E-state index in [2.05, 4.69) is 16.0 Å². The number of aromatic amines is 1. The van der Waals surface area contributed by atoms with Crippen LogP contribution in [-0.2, 0) is 6.42 Å². The maximum absolute atomic E-state index is 12.2. The summed E-state index contributed by atoms with van der Waals surface area (Å²) in [4.78, 5) is 19.6. The number of hydrogen-bond donors (Lipinski definition) is 1. The van der Waals surface area contributed by atoms with Crippen LogP contribution in [0.1, 0.15) is 36.6 Å². The molecule has 1 aromatic heterocycles. The molecule has 0 saturated heterocycles. The van der Waals surface area contributed by atoms with Crippen LogP contribution >= 0.6 is 0 Å². The monoisotopic (exact) mass is 270 g/mol. The third kappa shape index (κ3) is 2.11. The average molecular weight is 270 g/mol. The van der Waals surface area contributed by atoms with Gasteiger partial charge in [-0.1, -0.05) is 13.8 Å². The lowest BCUT2D eigenvalue weighted by atomic mass is 10.0. The minimum atomic E-state index is -0.0424. The van der Waals surface area contributed by atoms with Gasteiger partial charge in [-0.3, -0.25) is 4.79 Å². The zero-order chi connectivity index (χ0) is 14.3. The van der Waals surface area contributed by atoms with Crippen LogP contribution in [0.2, 0.25) is 0 Å². The van der Waals surface area contributed by atoms with Crippen LogP contribution < -0.4 is 10.3 Å². The Morgan fingerprint density at radius 2 is 2.15 bits per heavy atom. The van der Waals surface area contributed by atoms with Crippen molar-refractivity contribution < 1.29 is 4.74 Å². The van der Waals surface area contributed by atoms with Gasteiger partial charge < -0.3 is 9.72 Å². The van der Waals surface area contributed by atoms with E-state index in [1.165, 1.54) is 5.56 Å². The predicted molar refractivity (Wildman–Crippen MR) is 78.3 cm³/mol. The van der Waals surface area contributed by atoms with Gasteiger partial charge in [-0.2, -0.15) is 0 Å². The fraction of sp³-hybridized carbons (Fsp3) is 0.375. The van der Waals surface area contributed by atoms with E-state index in [1.807, 2.05) is 32.9 Å². The van der Waals surface area contributed by atoms with Gasteiger partial charge in [-0.25, -0.2) is 4.98 Å². The number of aromatic nitrogens is 2. The summed E-state index contributed by atoms with van der Waals surface area (Å²) in [6, 6.07) is 5.94. The molecule has 3 rings (SSSR count). The van der Waals surface area contributed by atoms with Crippen molar-refractivity contribution in [3.63, 3.8) is 0 Å². The van der Waals surface area contributed by atoms with E-state index in [4.69, 9.17) is 4.74 Å². The van der Waals surface area contributed by atoms with Gasteiger partial charge >= 0.3 is 0 Å². The lowest BCUT2D eigenvalue weighted by Gasteiger charge is -2.10. The third-order valence-corrected chi connectivity index (χ3v) is 3.69. The van der Waals surface area contributed by atoms with Crippen molar-refractivity contribution in [2.45, 2.75) is 33.1 Å². The Morgan fingerprint density at radius 3 is 2.85 bits per heavy atom. The average Bonchev–Trinajstić information content (AvgIpc) is 2.84. The molecule has 0 atom stereocenters. The van der Waals surface area contributed by atoms with Gasteiger partial charge in [0.2, 0.25) is 0 Å². The van der Waals surface area contributed by atoms with E-state index in [9.17, 15) is 4.79 Å². The Hall–Kier alpha value is -2.10. The highest BCUT2D eigenvalue weighted by atomic mass is 16.5. The summed E-state index contributed by atoms with van der Waals surface area (Å²) in [7, 11) is 0. The molecule has 104 valence electrons. The minimum absolute atomic E-state index is 0.0424. The minimum Gasteiger partial charge on any atom is -0.493 e. The molecule has 0 fully saturated rings. The number of rotatable bonds is 2. The summed E-state index contributed by atoms with van der Waals surface area (Å²) in [6.45, 7) is 6.63. The number of fused-ring (bicyclic) bond motifs is 1. The maximum atomic E-state index is 12.2. The molecule has 4 heteroatoms. The smallest absolute Gasteiger partial charge is 0.254 e. The molecule has 0 spiro atoms. The molecule has 0 radical (unpaired) electrons. The highest BCUT2D eigenvalue weighted by molar-refractivity contribution is 5.59. The van der Waals surface area contributed by atoms with Crippen LogP contribution in [0.15, 0.2) is 23.0 Å². The number of benzene rings is 1. The van der Waals surface area contributed by atoms with Gasteiger partial charge in [0, 0.05) is 23.2 Å². The summed E-state index contributed by atoms with van der Waals surface area (Å²) in [6.07, 6.45) is 0.913. The first kappa shape index (κ1) is 12.9. The van der Waals surface area contributed by atoms with Crippen molar-refractivity contribution in [1.29, 1.82) is 0 Å². The topological polar surface area (TPSA) is 55.0 Å². The zero-order valence-electron chi connectivity index (χ0n) is 12.0. The van der Waals surface area contributed by atoms with Crippen LogP contribution in [0, 0.1) is 6.92 Å². The van der Waals surface area contributed by atoms with Crippen LogP contribution in [0.25, 0.3) is 11.4 Å². The van der Waals surface area contributed by atoms with Crippen molar-refractivity contribution in [3.8, 4) is 17.1 Å². The summed E-state index contributed by atoms with van der Waals surface area (Å²) in [5.41, 5.74) is 3.63. The number of ether oxygens (including phenoxy) is 1. The van der Waals surface area contributed by atoms with E-state index in [0.717, 1.165) is 35.6 Å². The number of H-pyrrole nitrogens is 1. The van der Waals surface area contributed by atoms with Gasteiger partial charge in [-0.05, 0) is 36.6 Å². The van der Waals surface area contributed by atoms with E-state index in [-0.39, 0.29) is 11.5 Å². The second-order valence-electron chi connectivity index (χ2n) is 5.49. The molecule has 0 unspecified atom stereocenters. The van der Waals surface area contributed by atoms with Gasteiger partial charge in [0.25, 0.3) is 5.56 Å². The van der Waals surface area contributed by atoms with Crippen molar-refractivity contribution in [2.24, 2.45) is 0 Å². The van der Waals surface area contributed by atoms with Crippen LogP contribution in [-0.4, -0.2) is 16.6 Å². The number of aryl methyl sites for hydroxylation is 1. The lowest BCUT2D eigenvalue weighted by Crippen LogP contribution is -2.18. The van der Waals surface area contributed by atoms with E-state index >= 15 is 0 Å². The first-order chi connectivity index (χ1) is 9.56. The lowest BCUT2D eigenvalue weighted by molar-refractivity contribution is 0.357. The summed E-state index contributed by atoms with van der Waals surface area (Å²) < 4.78 is 5.49. The molecule has 1 aliphatic heterocycles. The Morgan fingerprint density at radius 1 is 1.35 bits per heavy atom. The fourth-order valence-corrected chi connectivity index (χ4v) is 2.75. The molecule has 0 bridgehead atoms. The molecular weight excluding hydrogens is 252 g/mol. The Kier molecular flexibility index (Phi) is 3.08. The van der Waals surface area contributed by atoms with Crippen LogP contribution in [0.4, 0.5) is 0 Å². The zero-order valence-corrected chi connectivity index (χ0v) is 12.0. The van der Waals surface area contributed by atoms with Gasteiger partial charge in [0.1, 0.15) is 11.6 Å². The fourth-order valence-electron chi connectivity index (χ4n) is 2.75. The molecule has 1 aliphatic rings.